The number of hydrogen-bond acceptors (Lipinski definition) is 8. The molecule has 0 saturated carbocycles. The number of aliphatic imine (C=N–C) groups is 1. The van der Waals surface area contributed by atoms with Gasteiger partial charge in [0.1, 0.15) is 11.4 Å². The van der Waals surface area contributed by atoms with E-state index >= 15 is 0 Å². The molecule has 0 unspecified atom stereocenters. The molecule has 2 atom stereocenters. The second-order valence-corrected chi connectivity index (χ2v) is 12.7. The van der Waals surface area contributed by atoms with Crippen LogP contribution in [0.3, 0.4) is 0 Å². The van der Waals surface area contributed by atoms with Crippen LogP contribution in [0.15, 0.2) is 82.3 Å². The van der Waals surface area contributed by atoms with E-state index in [-0.39, 0.29) is 25.3 Å². The predicted molar refractivity (Wildman–Crippen MR) is 172 cm³/mol. The zero-order valence-corrected chi connectivity index (χ0v) is 27.3. The van der Waals surface area contributed by atoms with Crippen molar-refractivity contribution in [2.24, 2.45) is 4.99 Å². The molecular formula is C33H37BrClN3O6. The minimum atomic E-state index is -1.52. The highest BCUT2D eigenvalue weighted by Gasteiger charge is 2.53. The lowest BCUT2D eigenvalue weighted by atomic mass is 9.83. The molecule has 0 aromatic heterocycles. The molecule has 3 N–H and O–H groups in total. The van der Waals surface area contributed by atoms with Crippen molar-refractivity contribution in [2.75, 3.05) is 13.2 Å². The highest BCUT2D eigenvalue weighted by Crippen LogP contribution is 2.43. The van der Waals surface area contributed by atoms with Crippen LogP contribution < -0.4 is 15.6 Å². The van der Waals surface area contributed by atoms with E-state index in [0.29, 0.717) is 41.5 Å². The Hall–Kier alpha value is -3.44. The average molecular weight is 687 g/mol. The predicted octanol–water partition coefficient (Wildman–Crippen LogP) is 6.06. The molecule has 0 radical (unpaired) electrons. The SMILES string of the molecule is CC(C)(C)OC(=O)CC[C@]1(C(=O)NNCc2cccc(Cl)c2)N=C(c2ccc(OCCCO)cc2)O[C@H]1c1ccc(Br)cc1. The fourth-order valence-corrected chi connectivity index (χ4v) is 5.15. The van der Waals surface area contributed by atoms with Crippen molar-refractivity contribution in [1.29, 1.82) is 0 Å². The highest BCUT2D eigenvalue weighted by molar-refractivity contribution is 9.10. The summed E-state index contributed by atoms with van der Waals surface area (Å²) in [4.78, 5) is 32.0. The van der Waals surface area contributed by atoms with Gasteiger partial charge in [-0.15, -0.1) is 0 Å². The standard InChI is InChI=1S/C33H37BrClN3O6/c1-32(2,3)44-28(40)16-17-33(31(41)38-36-21-22-6-4-7-26(35)20-22)29(23-8-12-25(34)13-9-23)43-30(37-33)24-10-14-27(15-11-24)42-19-5-18-39/h4,6-15,20,29,36,39H,5,16-19,21H2,1-3H3,(H,38,41)/t29-,33-/m0/s1. The molecule has 1 heterocycles. The van der Waals surface area contributed by atoms with Gasteiger partial charge in [0.15, 0.2) is 11.6 Å². The lowest BCUT2D eigenvalue weighted by Crippen LogP contribution is -2.52. The van der Waals surface area contributed by atoms with Gasteiger partial charge in [-0.3, -0.25) is 15.0 Å². The Labute approximate surface area is 271 Å². The van der Waals surface area contributed by atoms with Crippen LogP contribution in [0.1, 0.15) is 62.8 Å². The summed E-state index contributed by atoms with van der Waals surface area (Å²) in [5, 5.41) is 9.62. The van der Waals surface area contributed by atoms with Gasteiger partial charge in [0.05, 0.1) is 6.61 Å². The maximum absolute atomic E-state index is 14.2. The molecule has 4 rings (SSSR count). The number of hydrazine groups is 1. The minimum Gasteiger partial charge on any atom is -0.494 e. The molecule has 234 valence electrons. The number of esters is 1. The Morgan fingerprint density at radius 2 is 1.82 bits per heavy atom. The molecule has 0 bridgehead atoms. The Bertz CT molecular complexity index is 1460. The highest BCUT2D eigenvalue weighted by atomic mass is 79.9. The summed E-state index contributed by atoms with van der Waals surface area (Å²) in [5.41, 5.74) is 5.81. The lowest BCUT2D eigenvalue weighted by molar-refractivity contribution is -0.155. The minimum absolute atomic E-state index is 0.0270. The molecule has 9 nitrogen and oxygen atoms in total. The van der Waals surface area contributed by atoms with Crippen LogP contribution >= 0.6 is 27.5 Å². The number of rotatable bonds is 13. The summed E-state index contributed by atoms with van der Waals surface area (Å²) < 4.78 is 18.6. The molecule has 3 aromatic rings. The Morgan fingerprint density at radius 1 is 1.09 bits per heavy atom. The first kappa shape index (κ1) is 33.5. The number of amides is 1. The van der Waals surface area contributed by atoms with E-state index in [4.69, 9.17) is 35.9 Å². The van der Waals surface area contributed by atoms with Crippen LogP contribution in [0, 0.1) is 0 Å². The zero-order chi connectivity index (χ0) is 31.7. The van der Waals surface area contributed by atoms with Gasteiger partial charge in [-0.05, 0) is 86.8 Å². The molecule has 44 heavy (non-hydrogen) atoms. The van der Waals surface area contributed by atoms with Gasteiger partial charge < -0.3 is 19.3 Å². The van der Waals surface area contributed by atoms with Crippen molar-refractivity contribution in [3.63, 3.8) is 0 Å². The van der Waals surface area contributed by atoms with Crippen molar-refractivity contribution >= 4 is 45.3 Å². The number of nitrogens with zero attached hydrogens (tertiary/aromatic N) is 1. The van der Waals surface area contributed by atoms with Gasteiger partial charge in [-0.1, -0.05) is 51.8 Å². The van der Waals surface area contributed by atoms with Crippen LogP contribution in [-0.4, -0.2) is 47.2 Å². The van der Waals surface area contributed by atoms with Crippen LogP contribution in [-0.2, 0) is 25.6 Å². The molecule has 3 aromatic carbocycles. The van der Waals surface area contributed by atoms with Gasteiger partial charge in [-0.25, -0.2) is 10.4 Å². The third-order valence-electron chi connectivity index (χ3n) is 6.72. The van der Waals surface area contributed by atoms with Crippen molar-refractivity contribution in [1.82, 2.24) is 10.9 Å². The first-order chi connectivity index (χ1) is 21.0. The number of ether oxygens (including phenoxy) is 3. The average Bonchev–Trinajstić information content (AvgIpc) is 3.37. The van der Waals surface area contributed by atoms with Crippen LogP contribution in [0.25, 0.3) is 0 Å². The summed E-state index contributed by atoms with van der Waals surface area (Å²) in [5.74, 6) is -0.0208. The molecule has 1 amide bonds. The van der Waals surface area contributed by atoms with Crippen molar-refractivity contribution in [2.45, 2.75) is 63.8 Å². The fourth-order valence-electron chi connectivity index (χ4n) is 4.67. The fraction of sp³-hybridized carbons (Fsp3) is 0.364. The van der Waals surface area contributed by atoms with Crippen LogP contribution in [0.5, 0.6) is 5.75 Å². The molecule has 0 spiro atoms. The number of hydrogen-bond donors (Lipinski definition) is 3. The second kappa shape index (κ2) is 15.0. The quantitative estimate of drug-likeness (QED) is 0.114. The van der Waals surface area contributed by atoms with Crippen molar-refractivity contribution in [3.8, 4) is 5.75 Å². The molecule has 1 aliphatic heterocycles. The van der Waals surface area contributed by atoms with E-state index in [2.05, 4.69) is 26.8 Å². The second-order valence-electron chi connectivity index (χ2n) is 11.4. The van der Waals surface area contributed by atoms with Crippen molar-refractivity contribution < 1.29 is 28.9 Å². The summed E-state index contributed by atoms with van der Waals surface area (Å²) in [6, 6.07) is 21.9. The van der Waals surface area contributed by atoms with Gasteiger partial charge in [-0.2, -0.15) is 0 Å². The first-order valence-corrected chi connectivity index (χ1v) is 15.5. The summed E-state index contributed by atoms with van der Waals surface area (Å²) in [6.45, 7) is 6.13. The Morgan fingerprint density at radius 3 is 2.48 bits per heavy atom. The third kappa shape index (κ3) is 9.04. The number of aliphatic hydroxyl groups is 1. The normalized spacial score (nSPS) is 17.9. The van der Waals surface area contributed by atoms with Gasteiger partial charge >= 0.3 is 5.97 Å². The first-order valence-electron chi connectivity index (χ1n) is 14.3. The number of carbonyl (C=O) groups is 2. The van der Waals surface area contributed by atoms with Crippen LogP contribution in [0.2, 0.25) is 5.02 Å². The van der Waals surface area contributed by atoms with E-state index in [0.717, 1.165) is 10.0 Å². The van der Waals surface area contributed by atoms with Gasteiger partial charge in [0.25, 0.3) is 5.91 Å². The summed E-state index contributed by atoms with van der Waals surface area (Å²) >= 11 is 9.60. The summed E-state index contributed by atoms with van der Waals surface area (Å²) in [7, 11) is 0. The maximum atomic E-state index is 14.2. The van der Waals surface area contributed by atoms with Crippen molar-refractivity contribution in [3.05, 3.63) is 99.0 Å². The molecule has 1 aliphatic rings. The van der Waals surface area contributed by atoms with E-state index in [1.54, 1.807) is 57.2 Å². The lowest BCUT2D eigenvalue weighted by Gasteiger charge is -2.31. The molecule has 0 fully saturated rings. The topological polar surface area (TPSA) is 118 Å². The Kier molecular flexibility index (Phi) is 11.4. The molecule has 0 aliphatic carbocycles. The molecule has 0 saturated heterocycles. The number of nitrogens with one attached hydrogen (secondary N) is 2. The Balaban J connectivity index is 1.68. The maximum Gasteiger partial charge on any atom is 0.306 e. The summed E-state index contributed by atoms with van der Waals surface area (Å²) in [6.07, 6.45) is -0.364. The van der Waals surface area contributed by atoms with E-state index in [1.165, 1.54) is 0 Å². The van der Waals surface area contributed by atoms with E-state index in [1.807, 2.05) is 36.4 Å². The largest absolute Gasteiger partial charge is 0.494 e. The monoisotopic (exact) mass is 685 g/mol. The smallest absolute Gasteiger partial charge is 0.306 e. The van der Waals surface area contributed by atoms with E-state index < -0.39 is 29.1 Å². The third-order valence-corrected chi connectivity index (χ3v) is 7.48. The number of carbonyl (C=O) groups excluding carboxylic acids is 2. The zero-order valence-electron chi connectivity index (χ0n) is 24.9. The molecular weight excluding hydrogens is 650 g/mol. The number of aliphatic hydroxyl groups excluding tert-OH is 1. The molecule has 11 heteroatoms. The van der Waals surface area contributed by atoms with Gasteiger partial charge in [0.2, 0.25) is 5.90 Å². The van der Waals surface area contributed by atoms with Crippen LogP contribution in [0.4, 0.5) is 0 Å². The van der Waals surface area contributed by atoms with E-state index in [9.17, 15) is 9.59 Å². The van der Waals surface area contributed by atoms with Gasteiger partial charge in [0, 0.05) is 41.1 Å². The number of halogens is 2. The number of benzene rings is 3.